The summed E-state index contributed by atoms with van der Waals surface area (Å²) < 4.78 is 5.06. The quantitative estimate of drug-likeness (QED) is 0.685. The lowest BCUT2D eigenvalue weighted by Gasteiger charge is -2.27. The van der Waals surface area contributed by atoms with Crippen LogP contribution in [0.25, 0.3) is 0 Å². The van der Waals surface area contributed by atoms with E-state index in [0.717, 1.165) is 25.7 Å². The molecule has 0 radical (unpaired) electrons. The molecule has 0 aromatic carbocycles. The first-order valence-electron chi connectivity index (χ1n) is 5.66. The minimum Gasteiger partial charge on any atom is -0.481 e. The third-order valence-electron chi connectivity index (χ3n) is 3.09. The Kier molecular flexibility index (Phi) is 5.05. The van der Waals surface area contributed by atoms with Crippen LogP contribution in [0.3, 0.4) is 0 Å². The molecule has 88 valence electrons. The van der Waals surface area contributed by atoms with Gasteiger partial charge < -0.3 is 14.9 Å². The van der Waals surface area contributed by atoms with Crippen LogP contribution in [0, 0.1) is 11.8 Å². The molecule has 4 heteroatoms. The number of rotatable bonds is 5. The molecule has 0 amide bonds. The third-order valence-corrected chi connectivity index (χ3v) is 3.09. The number of aliphatic hydroxyl groups is 1. The second kappa shape index (κ2) is 6.08. The molecule has 1 rings (SSSR count). The van der Waals surface area contributed by atoms with Crippen molar-refractivity contribution in [2.75, 3.05) is 6.61 Å². The lowest BCUT2D eigenvalue weighted by molar-refractivity contribution is -0.143. The first-order valence-corrected chi connectivity index (χ1v) is 5.66. The minimum atomic E-state index is -0.682. The van der Waals surface area contributed by atoms with Crippen LogP contribution < -0.4 is 0 Å². The predicted molar refractivity (Wildman–Crippen MR) is 55.3 cm³/mol. The van der Waals surface area contributed by atoms with E-state index in [1.165, 1.54) is 0 Å². The summed E-state index contributed by atoms with van der Waals surface area (Å²) >= 11 is 0. The molecule has 0 aromatic rings. The Hall–Kier alpha value is -0.610. The third kappa shape index (κ3) is 4.18. The minimum absolute atomic E-state index is 0.175. The number of aliphatic carboxylic acids is 1. The lowest BCUT2D eigenvalue weighted by atomic mass is 9.80. The van der Waals surface area contributed by atoms with Crippen LogP contribution in [-0.2, 0) is 9.53 Å². The molecule has 1 fully saturated rings. The van der Waals surface area contributed by atoms with Gasteiger partial charge in [0.2, 0.25) is 0 Å². The molecule has 0 aromatic heterocycles. The molecule has 1 aliphatic rings. The van der Waals surface area contributed by atoms with Gasteiger partial charge >= 0.3 is 5.97 Å². The van der Waals surface area contributed by atoms with Crippen LogP contribution >= 0.6 is 0 Å². The monoisotopic (exact) mass is 216 g/mol. The highest BCUT2D eigenvalue weighted by atomic mass is 16.6. The van der Waals surface area contributed by atoms with E-state index in [9.17, 15) is 9.90 Å². The fourth-order valence-corrected chi connectivity index (χ4v) is 2.19. The first-order chi connectivity index (χ1) is 7.13. The average molecular weight is 216 g/mol. The lowest BCUT2D eigenvalue weighted by Crippen LogP contribution is -2.24. The topological polar surface area (TPSA) is 66.8 Å². The highest BCUT2D eigenvalue weighted by Gasteiger charge is 2.27. The van der Waals surface area contributed by atoms with Crippen LogP contribution in [0.4, 0.5) is 0 Å². The molecular formula is C11H20O4. The Bertz CT molecular complexity index is 197. The van der Waals surface area contributed by atoms with Crippen LogP contribution in [-0.4, -0.2) is 29.1 Å². The van der Waals surface area contributed by atoms with Gasteiger partial charge in [-0.15, -0.1) is 0 Å². The molecule has 15 heavy (non-hydrogen) atoms. The van der Waals surface area contributed by atoms with E-state index in [0.29, 0.717) is 18.9 Å². The van der Waals surface area contributed by atoms with Crippen molar-refractivity contribution in [1.82, 2.24) is 0 Å². The Morgan fingerprint density at radius 2 is 2.00 bits per heavy atom. The normalized spacial score (nSPS) is 28.7. The summed E-state index contributed by atoms with van der Waals surface area (Å²) in [6, 6.07) is 0. The van der Waals surface area contributed by atoms with E-state index < -0.39 is 12.3 Å². The van der Waals surface area contributed by atoms with Crippen molar-refractivity contribution >= 4 is 5.97 Å². The van der Waals surface area contributed by atoms with Gasteiger partial charge in [0, 0.05) is 13.0 Å². The zero-order valence-electron chi connectivity index (χ0n) is 9.19. The fraction of sp³-hybridized carbons (Fsp3) is 0.909. The standard InChI is InChI=1S/C11H20O4/c1-2-15-10(12)7-8-3-5-9(6-4-8)11(13)14/h8-10,12H,2-7H2,1H3,(H,13,14). The van der Waals surface area contributed by atoms with Gasteiger partial charge in [0.15, 0.2) is 6.29 Å². The molecule has 0 saturated heterocycles. The van der Waals surface area contributed by atoms with Gasteiger partial charge in [-0.25, -0.2) is 0 Å². The van der Waals surface area contributed by atoms with Crippen molar-refractivity contribution in [3.8, 4) is 0 Å². The second-order valence-corrected chi connectivity index (χ2v) is 4.20. The maximum absolute atomic E-state index is 10.7. The number of ether oxygens (including phenoxy) is 1. The molecule has 2 N–H and O–H groups in total. The highest BCUT2D eigenvalue weighted by molar-refractivity contribution is 5.69. The van der Waals surface area contributed by atoms with Gasteiger partial charge in [-0.2, -0.15) is 0 Å². The Balaban J connectivity index is 2.22. The summed E-state index contributed by atoms with van der Waals surface area (Å²) in [5.74, 6) is -0.438. The van der Waals surface area contributed by atoms with Crippen LogP contribution in [0.1, 0.15) is 39.0 Å². The first kappa shape index (κ1) is 12.5. The van der Waals surface area contributed by atoms with Crippen molar-refractivity contribution in [1.29, 1.82) is 0 Å². The van der Waals surface area contributed by atoms with Crippen molar-refractivity contribution in [2.45, 2.75) is 45.3 Å². The van der Waals surface area contributed by atoms with Gasteiger partial charge in [-0.05, 0) is 38.5 Å². The zero-order valence-corrected chi connectivity index (χ0v) is 9.19. The van der Waals surface area contributed by atoms with Gasteiger partial charge in [-0.1, -0.05) is 0 Å². The molecule has 1 atom stereocenters. The van der Waals surface area contributed by atoms with Gasteiger partial charge in [-0.3, -0.25) is 4.79 Å². The van der Waals surface area contributed by atoms with E-state index in [2.05, 4.69) is 0 Å². The van der Waals surface area contributed by atoms with Crippen molar-refractivity contribution in [2.24, 2.45) is 11.8 Å². The molecule has 1 aliphatic carbocycles. The van der Waals surface area contributed by atoms with Gasteiger partial charge in [0.25, 0.3) is 0 Å². The van der Waals surface area contributed by atoms with Crippen LogP contribution in [0.2, 0.25) is 0 Å². The van der Waals surface area contributed by atoms with E-state index in [1.54, 1.807) is 0 Å². The largest absolute Gasteiger partial charge is 0.481 e. The number of carboxylic acids is 1. The molecule has 1 unspecified atom stereocenters. The summed E-state index contributed by atoms with van der Waals surface area (Å²) in [7, 11) is 0. The van der Waals surface area contributed by atoms with Crippen molar-refractivity contribution in [3.05, 3.63) is 0 Å². The summed E-state index contributed by atoms with van der Waals surface area (Å²) in [5.41, 5.74) is 0. The summed E-state index contributed by atoms with van der Waals surface area (Å²) in [4.78, 5) is 10.7. The maximum Gasteiger partial charge on any atom is 0.306 e. The molecule has 4 nitrogen and oxygen atoms in total. The number of hydrogen-bond donors (Lipinski definition) is 2. The van der Waals surface area contributed by atoms with Crippen molar-refractivity contribution in [3.63, 3.8) is 0 Å². The average Bonchev–Trinajstić information content (AvgIpc) is 2.18. The van der Waals surface area contributed by atoms with E-state index in [1.807, 2.05) is 6.92 Å². The molecule has 0 spiro atoms. The maximum atomic E-state index is 10.7. The molecular weight excluding hydrogens is 196 g/mol. The Morgan fingerprint density at radius 3 is 2.47 bits per heavy atom. The smallest absolute Gasteiger partial charge is 0.306 e. The van der Waals surface area contributed by atoms with E-state index >= 15 is 0 Å². The van der Waals surface area contributed by atoms with E-state index in [-0.39, 0.29) is 5.92 Å². The van der Waals surface area contributed by atoms with Crippen molar-refractivity contribution < 1.29 is 19.7 Å². The van der Waals surface area contributed by atoms with E-state index in [4.69, 9.17) is 9.84 Å². The summed E-state index contributed by atoms with van der Waals surface area (Å²) in [6.45, 7) is 2.37. The SMILES string of the molecule is CCOC(O)CC1CCC(C(=O)O)CC1. The number of carbonyl (C=O) groups is 1. The number of hydrogen-bond acceptors (Lipinski definition) is 3. The Morgan fingerprint density at radius 1 is 1.40 bits per heavy atom. The summed E-state index contributed by atoms with van der Waals surface area (Å²) in [6.07, 6.45) is 3.21. The number of carboxylic acid groups (broad SMARTS) is 1. The fourth-order valence-electron chi connectivity index (χ4n) is 2.19. The summed E-state index contributed by atoms with van der Waals surface area (Å²) in [5, 5.41) is 18.3. The molecule has 0 heterocycles. The highest BCUT2D eigenvalue weighted by Crippen LogP contribution is 2.31. The van der Waals surface area contributed by atoms with Gasteiger partial charge in [0.1, 0.15) is 0 Å². The molecule has 0 aliphatic heterocycles. The zero-order chi connectivity index (χ0) is 11.3. The predicted octanol–water partition coefficient (Wildman–Crippen LogP) is 1.62. The molecule has 0 bridgehead atoms. The van der Waals surface area contributed by atoms with Crippen LogP contribution in [0.15, 0.2) is 0 Å². The Labute approximate surface area is 90.2 Å². The van der Waals surface area contributed by atoms with Gasteiger partial charge in [0.05, 0.1) is 5.92 Å². The number of aliphatic hydroxyl groups excluding tert-OH is 1. The van der Waals surface area contributed by atoms with Crippen LogP contribution in [0.5, 0.6) is 0 Å². The molecule has 1 saturated carbocycles. The second-order valence-electron chi connectivity index (χ2n) is 4.20.